The third-order valence-electron chi connectivity index (χ3n) is 6.41. The average Bonchev–Trinajstić information content (AvgIpc) is 3.28. The summed E-state index contributed by atoms with van der Waals surface area (Å²) in [7, 11) is 0. The number of nitrogens with zero attached hydrogens (tertiary/aromatic N) is 3. The summed E-state index contributed by atoms with van der Waals surface area (Å²) in [6.07, 6.45) is 4.68. The highest BCUT2D eigenvalue weighted by molar-refractivity contribution is 7.98. The van der Waals surface area contributed by atoms with E-state index in [0.29, 0.717) is 12.1 Å². The molecule has 0 saturated carbocycles. The van der Waals surface area contributed by atoms with Crippen LogP contribution < -0.4 is 5.32 Å². The van der Waals surface area contributed by atoms with Gasteiger partial charge in [-0.25, -0.2) is 4.98 Å². The Hall–Kier alpha value is -3.90. The number of benzene rings is 3. The number of hydrogen-bond acceptors (Lipinski definition) is 4. The molecule has 2 heterocycles. The van der Waals surface area contributed by atoms with Crippen molar-refractivity contribution in [2.75, 3.05) is 0 Å². The summed E-state index contributed by atoms with van der Waals surface area (Å²) < 4.78 is 2.23. The first-order valence-electron chi connectivity index (χ1n) is 12.5. The first-order valence-corrected chi connectivity index (χ1v) is 13.5. The van der Waals surface area contributed by atoms with Gasteiger partial charge in [0.25, 0.3) is 5.91 Å². The first kappa shape index (κ1) is 24.8. The van der Waals surface area contributed by atoms with E-state index in [-0.39, 0.29) is 5.91 Å². The van der Waals surface area contributed by atoms with E-state index in [0.717, 1.165) is 46.0 Å². The molecule has 6 heteroatoms. The van der Waals surface area contributed by atoms with Crippen molar-refractivity contribution in [2.24, 2.45) is 0 Å². The highest BCUT2D eigenvalue weighted by atomic mass is 32.2. The normalized spacial score (nSPS) is 11.1. The lowest BCUT2D eigenvalue weighted by Crippen LogP contribution is -2.22. The molecule has 0 saturated heterocycles. The second-order valence-corrected chi connectivity index (χ2v) is 10.1. The molecule has 5 nitrogen and oxygen atoms in total. The molecule has 0 aliphatic heterocycles. The summed E-state index contributed by atoms with van der Waals surface area (Å²) in [6, 6.07) is 26.7. The molecule has 1 N–H and O–H groups in total. The zero-order chi connectivity index (χ0) is 25.6. The highest BCUT2D eigenvalue weighted by Crippen LogP contribution is 2.27. The average molecular weight is 507 g/mol. The zero-order valence-electron chi connectivity index (χ0n) is 21.1. The highest BCUT2D eigenvalue weighted by Gasteiger charge is 2.13. The van der Waals surface area contributed by atoms with Gasteiger partial charge in [-0.1, -0.05) is 84.9 Å². The standard InChI is InChI=1S/C31H30N4OS/c1-3-23-7-9-24(10-8-23)18-33-30(36)27-13-11-25(12-14-27)21-37-31-34-28-15-16-32-19-29(28)35(31)20-26-6-4-5-22(2)17-26/h4-17,19H,3,18,20-21H2,1-2H3,(H,33,36). The molecule has 3 aromatic carbocycles. The van der Waals surface area contributed by atoms with E-state index in [1.807, 2.05) is 36.5 Å². The van der Waals surface area contributed by atoms with Crippen molar-refractivity contribution >= 4 is 28.7 Å². The maximum atomic E-state index is 12.6. The van der Waals surface area contributed by atoms with Gasteiger partial charge in [0.15, 0.2) is 5.16 Å². The van der Waals surface area contributed by atoms with Gasteiger partial charge in [0, 0.05) is 24.1 Å². The summed E-state index contributed by atoms with van der Waals surface area (Å²) in [5.74, 6) is 0.696. The largest absolute Gasteiger partial charge is 0.348 e. The molecule has 1 amide bonds. The van der Waals surface area contributed by atoms with Crippen LogP contribution in [-0.4, -0.2) is 20.4 Å². The van der Waals surface area contributed by atoms with Gasteiger partial charge < -0.3 is 9.88 Å². The molecule has 5 rings (SSSR count). The minimum absolute atomic E-state index is 0.0637. The lowest BCUT2D eigenvalue weighted by atomic mass is 10.1. The third kappa shape index (κ3) is 6.09. The van der Waals surface area contributed by atoms with E-state index in [2.05, 4.69) is 77.2 Å². The molecular formula is C31H30N4OS. The van der Waals surface area contributed by atoms with Crippen LogP contribution in [0.25, 0.3) is 11.0 Å². The van der Waals surface area contributed by atoms with Crippen LogP contribution in [0.1, 0.15) is 45.1 Å². The summed E-state index contributed by atoms with van der Waals surface area (Å²) >= 11 is 1.70. The van der Waals surface area contributed by atoms with E-state index in [1.54, 1.807) is 18.0 Å². The number of amides is 1. The molecule has 0 unspecified atom stereocenters. The van der Waals surface area contributed by atoms with Crippen LogP contribution in [-0.2, 0) is 25.3 Å². The SMILES string of the molecule is CCc1ccc(CNC(=O)c2ccc(CSc3nc4ccncc4n3Cc3cccc(C)c3)cc2)cc1. The van der Waals surface area contributed by atoms with Crippen molar-refractivity contribution < 1.29 is 4.79 Å². The Balaban J connectivity index is 1.24. The van der Waals surface area contributed by atoms with Gasteiger partial charge in [-0.15, -0.1) is 0 Å². The molecule has 37 heavy (non-hydrogen) atoms. The first-order chi connectivity index (χ1) is 18.1. The second-order valence-electron chi connectivity index (χ2n) is 9.17. The van der Waals surface area contributed by atoms with Gasteiger partial charge in [-0.05, 0) is 53.8 Å². The van der Waals surface area contributed by atoms with Crippen molar-refractivity contribution in [1.82, 2.24) is 19.9 Å². The fourth-order valence-electron chi connectivity index (χ4n) is 4.28. The van der Waals surface area contributed by atoms with Gasteiger partial charge >= 0.3 is 0 Å². The number of pyridine rings is 1. The molecule has 5 aromatic rings. The van der Waals surface area contributed by atoms with Crippen LogP contribution in [0.3, 0.4) is 0 Å². The molecule has 186 valence electrons. The van der Waals surface area contributed by atoms with E-state index < -0.39 is 0 Å². The summed E-state index contributed by atoms with van der Waals surface area (Å²) in [5, 5.41) is 3.97. The van der Waals surface area contributed by atoms with Gasteiger partial charge in [0.05, 0.1) is 23.8 Å². The number of aryl methyl sites for hydroxylation is 2. The molecule has 0 bridgehead atoms. The molecule has 0 radical (unpaired) electrons. The van der Waals surface area contributed by atoms with Crippen molar-refractivity contribution in [3.05, 3.63) is 125 Å². The Morgan fingerprint density at radius 3 is 2.43 bits per heavy atom. The van der Waals surface area contributed by atoms with Crippen LogP contribution in [0.15, 0.2) is 96.4 Å². The fourth-order valence-corrected chi connectivity index (χ4v) is 5.25. The smallest absolute Gasteiger partial charge is 0.251 e. The Kier molecular flexibility index (Phi) is 7.66. The molecule has 0 fully saturated rings. The van der Waals surface area contributed by atoms with Crippen LogP contribution in [0, 0.1) is 6.92 Å². The van der Waals surface area contributed by atoms with E-state index in [9.17, 15) is 4.79 Å². The monoisotopic (exact) mass is 506 g/mol. The number of carbonyl (C=O) groups is 1. The van der Waals surface area contributed by atoms with Crippen LogP contribution in [0.5, 0.6) is 0 Å². The minimum atomic E-state index is -0.0637. The van der Waals surface area contributed by atoms with E-state index >= 15 is 0 Å². The quantitative estimate of drug-likeness (QED) is 0.230. The molecule has 0 aliphatic rings. The Morgan fingerprint density at radius 2 is 1.68 bits per heavy atom. The predicted octanol–water partition coefficient (Wildman–Crippen LogP) is 6.57. The predicted molar refractivity (Wildman–Crippen MR) is 151 cm³/mol. The fraction of sp³-hybridized carbons (Fsp3) is 0.194. The van der Waals surface area contributed by atoms with Gasteiger partial charge in [0.2, 0.25) is 0 Å². The Labute approximate surface area is 222 Å². The lowest BCUT2D eigenvalue weighted by molar-refractivity contribution is 0.0951. The number of hydrogen-bond donors (Lipinski definition) is 1. The lowest BCUT2D eigenvalue weighted by Gasteiger charge is -2.10. The second kappa shape index (κ2) is 11.4. The van der Waals surface area contributed by atoms with E-state index in [1.165, 1.54) is 16.7 Å². The number of aromatic nitrogens is 3. The van der Waals surface area contributed by atoms with Gasteiger partial charge in [0.1, 0.15) is 0 Å². The van der Waals surface area contributed by atoms with Crippen LogP contribution in [0.4, 0.5) is 0 Å². The van der Waals surface area contributed by atoms with Crippen LogP contribution in [0.2, 0.25) is 0 Å². The Bertz CT molecular complexity index is 1510. The number of thioether (sulfide) groups is 1. The van der Waals surface area contributed by atoms with Crippen molar-refractivity contribution in [3.63, 3.8) is 0 Å². The topological polar surface area (TPSA) is 59.8 Å². The van der Waals surface area contributed by atoms with Crippen LogP contribution >= 0.6 is 11.8 Å². The number of fused-ring (bicyclic) bond motifs is 1. The summed E-state index contributed by atoms with van der Waals surface area (Å²) in [5.41, 5.74) is 8.66. The Morgan fingerprint density at radius 1 is 0.919 bits per heavy atom. The van der Waals surface area contributed by atoms with Crippen molar-refractivity contribution in [3.8, 4) is 0 Å². The number of nitrogens with one attached hydrogen (secondary N) is 1. The molecular weight excluding hydrogens is 476 g/mol. The number of rotatable bonds is 9. The maximum Gasteiger partial charge on any atom is 0.251 e. The minimum Gasteiger partial charge on any atom is -0.348 e. The van der Waals surface area contributed by atoms with Gasteiger partial charge in [-0.3, -0.25) is 9.78 Å². The number of carbonyl (C=O) groups excluding carboxylic acids is 1. The molecule has 0 aliphatic carbocycles. The van der Waals surface area contributed by atoms with Crippen molar-refractivity contribution in [1.29, 1.82) is 0 Å². The zero-order valence-corrected chi connectivity index (χ0v) is 22.0. The molecule has 2 aromatic heterocycles. The summed E-state index contributed by atoms with van der Waals surface area (Å²) in [4.78, 5) is 21.8. The van der Waals surface area contributed by atoms with Crippen molar-refractivity contribution in [2.45, 2.75) is 44.3 Å². The maximum absolute atomic E-state index is 12.6. The summed E-state index contributed by atoms with van der Waals surface area (Å²) in [6.45, 7) is 5.51. The molecule has 0 atom stereocenters. The third-order valence-corrected chi connectivity index (χ3v) is 7.45. The number of imidazole rings is 1. The van der Waals surface area contributed by atoms with E-state index in [4.69, 9.17) is 4.98 Å². The van der Waals surface area contributed by atoms with Gasteiger partial charge in [-0.2, -0.15) is 0 Å². The molecule has 0 spiro atoms.